The van der Waals surface area contributed by atoms with E-state index in [1.54, 1.807) is 0 Å². The van der Waals surface area contributed by atoms with Crippen molar-refractivity contribution in [2.24, 2.45) is 34.0 Å². The van der Waals surface area contributed by atoms with Crippen LogP contribution in [0.15, 0.2) is 11.6 Å². The van der Waals surface area contributed by atoms with Crippen LogP contribution >= 0.6 is 0 Å². The van der Waals surface area contributed by atoms with E-state index in [2.05, 4.69) is 26.8 Å². The number of hydrogen-bond acceptors (Lipinski definition) is 2. The Labute approximate surface area is 133 Å². The average Bonchev–Trinajstić information content (AvgIpc) is 2.74. The van der Waals surface area contributed by atoms with Crippen LogP contribution in [0, 0.1) is 34.0 Å². The molecule has 0 radical (unpaired) electrons. The fourth-order valence-corrected chi connectivity index (χ4v) is 7.14. The molecule has 120 valence electrons. The lowest BCUT2D eigenvalue weighted by Gasteiger charge is -2.63. The Balaban J connectivity index is 1.77. The van der Waals surface area contributed by atoms with Crippen molar-refractivity contribution in [3.05, 3.63) is 11.6 Å². The molecule has 2 heteroatoms. The molecule has 2 nitrogen and oxygen atoms in total. The van der Waals surface area contributed by atoms with Crippen LogP contribution in [0.3, 0.4) is 0 Å². The van der Waals surface area contributed by atoms with Crippen molar-refractivity contribution < 1.29 is 9.59 Å². The van der Waals surface area contributed by atoms with E-state index in [9.17, 15) is 9.59 Å². The normalized spacial score (nSPS) is 49.1. The van der Waals surface area contributed by atoms with Gasteiger partial charge < -0.3 is 0 Å². The van der Waals surface area contributed by atoms with Gasteiger partial charge in [0.1, 0.15) is 12.1 Å². The molecule has 0 aliphatic heterocycles. The third kappa shape index (κ3) is 1.62. The Bertz CT molecular complexity index is 572. The van der Waals surface area contributed by atoms with E-state index in [1.165, 1.54) is 25.7 Å². The van der Waals surface area contributed by atoms with Crippen molar-refractivity contribution in [1.29, 1.82) is 0 Å². The molecule has 0 aromatic rings. The summed E-state index contributed by atoms with van der Waals surface area (Å²) >= 11 is 0. The fourth-order valence-electron chi connectivity index (χ4n) is 7.14. The second-order valence-electron chi connectivity index (χ2n) is 9.27. The summed E-state index contributed by atoms with van der Waals surface area (Å²) in [6.45, 7) is 6.83. The summed E-state index contributed by atoms with van der Waals surface area (Å²) in [5.41, 5.74) is 1.45. The van der Waals surface area contributed by atoms with Crippen LogP contribution in [0.1, 0.15) is 65.7 Å². The molecule has 2 bridgehead atoms. The molecule has 3 saturated carbocycles. The Morgan fingerprint density at radius 1 is 1.09 bits per heavy atom. The first kappa shape index (κ1) is 14.7. The molecule has 0 aromatic carbocycles. The van der Waals surface area contributed by atoms with Gasteiger partial charge in [0.25, 0.3) is 0 Å². The van der Waals surface area contributed by atoms with E-state index < -0.39 is 0 Å². The number of ketones is 1. The van der Waals surface area contributed by atoms with Crippen LogP contribution in [0.5, 0.6) is 0 Å². The van der Waals surface area contributed by atoms with Crippen molar-refractivity contribution in [2.45, 2.75) is 65.7 Å². The quantitative estimate of drug-likeness (QED) is 0.675. The lowest BCUT2D eigenvalue weighted by molar-refractivity contribution is -0.160. The highest BCUT2D eigenvalue weighted by Gasteiger charge is 2.63. The topological polar surface area (TPSA) is 34.1 Å². The minimum atomic E-state index is -0.165. The van der Waals surface area contributed by atoms with Crippen molar-refractivity contribution in [2.75, 3.05) is 0 Å². The second-order valence-corrected chi connectivity index (χ2v) is 9.27. The van der Waals surface area contributed by atoms with Crippen molar-refractivity contribution >= 4 is 12.1 Å². The zero-order valence-electron chi connectivity index (χ0n) is 14.2. The minimum absolute atomic E-state index is 0.165. The molecule has 0 saturated heterocycles. The monoisotopic (exact) mass is 300 g/mol. The summed E-state index contributed by atoms with van der Waals surface area (Å²) in [7, 11) is 0. The molecule has 0 aromatic heterocycles. The number of carbonyl (C=O) groups excluding carboxylic acids is 2. The molecule has 4 rings (SSSR count). The Morgan fingerprint density at radius 3 is 2.59 bits per heavy atom. The zero-order valence-corrected chi connectivity index (χ0v) is 14.2. The maximum absolute atomic E-state index is 12.5. The third-order valence-electron chi connectivity index (χ3n) is 8.16. The Hall–Kier alpha value is -0.920. The molecule has 4 aliphatic rings. The van der Waals surface area contributed by atoms with Gasteiger partial charge in [-0.15, -0.1) is 0 Å². The standard InChI is InChI=1S/C20H28O2/c1-18(2)15-6-9-20-10-13(14(11-20)12-21)4-5-16(20)19(15,3)8-7-17(18)22/h11-13,15-16H,4-10H2,1-3H3/t13-,15+,16-,19+,20+/m1/s1. The number of hydrogen-bond donors (Lipinski definition) is 0. The van der Waals surface area contributed by atoms with Gasteiger partial charge in [0.15, 0.2) is 0 Å². The molecule has 0 N–H and O–H groups in total. The van der Waals surface area contributed by atoms with Gasteiger partial charge in [0, 0.05) is 11.8 Å². The maximum atomic E-state index is 12.5. The summed E-state index contributed by atoms with van der Waals surface area (Å²) < 4.78 is 0. The summed E-state index contributed by atoms with van der Waals surface area (Å²) in [6.07, 6.45) is 11.2. The maximum Gasteiger partial charge on any atom is 0.146 e. The first-order valence-electron chi connectivity index (χ1n) is 9.05. The molecule has 0 unspecified atom stereocenters. The minimum Gasteiger partial charge on any atom is -0.299 e. The van der Waals surface area contributed by atoms with Gasteiger partial charge in [-0.1, -0.05) is 26.8 Å². The molecule has 0 heterocycles. The number of Topliss-reactive ketones (excluding diaryl/α,β-unsaturated/α-hetero) is 1. The van der Waals surface area contributed by atoms with Gasteiger partial charge in [-0.2, -0.15) is 0 Å². The number of aldehydes is 1. The molecule has 22 heavy (non-hydrogen) atoms. The van der Waals surface area contributed by atoms with Gasteiger partial charge in [-0.3, -0.25) is 9.59 Å². The number of rotatable bonds is 1. The number of fused-ring (bicyclic) bond motifs is 3. The van der Waals surface area contributed by atoms with Crippen LogP contribution in [0.25, 0.3) is 0 Å². The van der Waals surface area contributed by atoms with Gasteiger partial charge in [0.05, 0.1) is 0 Å². The molecule has 3 fully saturated rings. The second kappa shape index (κ2) is 4.33. The smallest absolute Gasteiger partial charge is 0.146 e. The highest BCUT2D eigenvalue weighted by molar-refractivity contribution is 5.85. The van der Waals surface area contributed by atoms with Gasteiger partial charge in [-0.25, -0.2) is 0 Å². The van der Waals surface area contributed by atoms with Crippen molar-refractivity contribution in [1.82, 2.24) is 0 Å². The van der Waals surface area contributed by atoms with Crippen LogP contribution in [-0.4, -0.2) is 12.1 Å². The van der Waals surface area contributed by atoms with E-state index in [1.807, 2.05) is 0 Å². The predicted octanol–water partition coefficient (Wildman–Crippen LogP) is 4.33. The van der Waals surface area contributed by atoms with Crippen LogP contribution in [-0.2, 0) is 9.59 Å². The largest absolute Gasteiger partial charge is 0.299 e. The van der Waals surface area contributed by atoms with Crippen LogP contribution in [0.2, 0.25) is 0 Å². The van der Waals surface area contributed by atoms with Gasteiger partial charge >= 0.3 is 0 Å². The first-order valence-corrected chi connectivity index (χ1v) is 9.05. The predicted molar refractivity (Wildman–Crippen MR) is 86.3 cm³/mol. The average molecular weight is 300 g/mol. The van der Waals surface area contributed by atoms with E-state index in [-0.39, 0.29) is 16.2 Å². The zero-order chi connectivity index (χ0) is 15.8. The van der Waals surface area contributed by atoms with E-state index in [0.29, 0.717) is 23.5 Å². The van der Waals surface area contributed by atoms with Crippen LogP contribution in [0.4, 0.5) is 0 Å². The lowest BCUT2D eigenvalue weighted by Crippen LogP contribution is -2.58. The number of allylic oxidation sites excluding steroid dienone is 2. The molecule has 4 aliphatic carbocycles. The summed E-state index contributed by atoms with van der Waals surface area (Å²) in [5.74, 6) is 2.17. The van der Waals surface area contributed by atoms with Gasteiger partial charge in [-0.05, 0) is 72.7 Å². The Morgan fingerprint density at radius 2 is 1.86 bits per heavy atom. The van der Waals surface area contributed by atoms with Crippen LogP contribution < -0.4 is 0 Å². The SMILES string of the molecule is CC1(C)C(=O)CC[C@@]2(C)[C@H]1CC[C@]13C=C(C=O)[C@H](CC[C@@H]12)C3. The third-order valence-corrected chi connectivity index (χ3v) is 8.16. The summed E-state index contributed by atoms with van der Waals surface area (Å²) in [6, 6.07) is 0. The molecule has 0 amide bonds. The van der Waals surface area contributed by atoms with Crippen molar-refractivity contribution in [3.63, 3.8) is 0 Å². The number of carbonyl (C=O) groups is 2. The molecule has 1 spiro atoms. The van der Waals surface area contributed by atoms with Gasteiger partial charge in [0.2, 0.25) is 0 Å². The molecular weight excluding hydrogens is 272 g/mol. The fraction of sp³-hybridized carbons (Fsp3) is 0.800. The molecule has 5 atom stereocenters. The highest BCUT2D eigenvalue weighted by atomic mass is 16.1. The first-order chi connectivity index (χ1) is 10.3. The van der Waals surface area contributed by atoms with E-state index in [4.69, 9.17) is 0 Å². The summed E-state index contributed by atoms with van der Waals surface area (Å²) in [5, 5.41) is 0. The lowest BCUT2D eigenvalue weighted by atomic mass is 9.41. The van der Waals surface area contributed by atoms with Crippen molar-refractivity contribution in [3.8, 4) is 0 Å². The van der Waals surface area contributed by atoms with E-state index >= 15 is 0 Å². The molecular formula is C20H28O2. The van der Waals surface area contributed by atoms with E-state index in [0.717, 1.165) is 31.1 Å². The highest BCUT2D eigenvalue weighted by Crippen LogP contribution is 2.70. The Kier molecular flexibility index (Phi) is 2.89. The summed E-state index contributed by atoms with van der Waals surface area (Å²) in [4.78, 5) is 23.9.